The molecule has 0 bridgehead atoms. The highest BCUT2D eigenvalue weighted by atomic mass is 16.6. The molecule has 0 atom stereocenters. The summed E-state index contributed by atoms with van der Waals surface area (Å²) >= 11 is 0. The highest BCUT2D eigenvalue weighted by Crippen LogP contribution is 2.41. The maximum absolute atomic E-state index is 12.6. The van der Waals surface area contributed by atoms with Gasteiger partial charge in [-0.3, -0.25) is 4.79 Å². The van der Waals surface area contributed by atoms with Crippen molar-refractivity contribution in [3.05, 3.63) is 51.9 Å². The van der Waals surface area contributed by atoms with Crippen LogP contribution < -0.4 is 24.7 Å². The van der Waals surface area contributed by atoms with Crippen LogP contribution in [0.4, 0.5) is 5.82 Å². The molecule has 0 radical (unpaired) electrons. The van der Waals surface area contributed by atoms with Gasteiger partial charge in [0.05, 0.1) is 0 Å². The zero-order chi connectivity index (χ0) is 22.4. The molecular formula is C25H28N4O4. The number of anilines is 1. The SMILES string of the molecule is Cc1c(N2CCC(Oc3ccc4c(c3)OCCO4)CC2)nn2c(=O)ccnc2c1C1CCC1. The summed E-state index contributed by atoms with van der Waals surface area (Å²) in [5.74, 6) is 3.69. The van der Waals surface area contributed by atoms with Gasteiger partial charge < -0.3 is 19.1 Å². The second kappa shape index (κ2) is 8.24. The largest absolute Gasteiger partial charge is 0.490 e. The van der Waals surface area contributed by atoms with E-state index in [2.05, 4.69) is 16.8 Å². The zero-order valence-electron chi connectivity index (χ0n) is 18.8. The van der Waals surface area contributed by atoms with Gasteiger partial charge in [0.15, 0.2) is 23.0 Å². The smallest absolute Gasteiger partial charge is 0.274 e. The molecule has 8 nitrogen and oxygen atoms in total. The standard InChI is InChI=1S/C25H28N4O4/c1-16-23(17-3-2-4-17)25-26-10-7-22(30)29(25)27-24(16)28-11-8-18(9-12-28)33-19-5-6-20-21(15-19)32-14-13-31-20/h5-7,10,15,17-18H,2-4,8-9,11-14H2,1H3. The Morgan fingerprint density at radius 1 is 1.03 bits per heavy atom. The van der Waals surface area contributed by atoms with Crippen LogP contribution in [0.5, 0.6) is 17.2 Å². The first kappa shape index (κ1) is 20.3. The van der Waals surface area contributed by atoms with E-state index < -0.39 is 0 Å². The van der Waals surface area contributed by atoms with E-state index in [4.69, 9.17) is 19.3 Å². The third-order valence-electron chi connectivity index (χ3n) is 7.07. The van der Waals surface area contributed by atoms with Gasteiger partial charge in [-0.15, -0.1) is 5.10 Å². The Morgan fingerprint density at radius 3 is 2.58 bits per heavy atom. The highest BCUT2D eigenvalue weighted by Gasteiger charge is 2.30. The van der Waals surface area contributed by atoms with E-state index in [9.17, 15) is 4.79 Å². The summed E-state index contributed by atoms with van der Waals surface area (Å²) in [6.45, 7) is 4.93. The fourth-order valence-electron chi connectivity index (χ4n) is 5.10. The number of benzene rings is 1. The maximum atomic E-state index is 12.6. The Kier molecular flexibility index (Phi) is 5.08. The van der Waals surface area contributed by atoms with E-state index in [1.807, 2.05) is 18.2 Å². The summed E-state index contributed by atoms with van der Waals surface area (Å²) < 4.78 is 19.0. The van der Waals surface area contributed by atoms with Crippen molar-refractivity contribution < 1.29 is 14.2 Å². The van der Waals surface area contributed by atoms with Crippen LogP contribution in [0.2, 0.25) is 0 Å². The molecule has 1 saturated carbocycles. The minimum Gasteiger partial charge on any atom is -0.490 e. The molecular weight excluding hydrogens is 420 g/mol. The summed E-state index contributed by atoms with van der Waals surface area (Å²) in [4.78, 5) is 19.4. The first-order chi connectivity index (χ1) is 16.2. The van der Waals surface area contributed by atoms with Crippen LogP contribution in [0.3, 0.4) is 0 Å². The number of fused-ring (bicyclic) bond motifs is 2. The lowest BCUT2D eigenvalue weighted by atomic mass is 9.78. The van der Waals surface area contributed by atoms with E-state index in [0.29, 0.717) is 24.8 Å². The van der Waals surface area contributed by atoms with Crippen molar-refractivity contribution in [2.45, 2.75) is 51.0 Å². The minimum atomic E-state index is -0.126. The fourth-order valence-corrected chi connectivity index (χ4v) is 5.10. The molecule has 172 valence electrons. The zero-order valence-corrected chi connectivity index (χ0v) is 18.8. The fraction of sp³-hybridized carbons (Fsp3) is 0.480. The molecule has 1 saturated heterocycles. The number of piperidine rings is 1. The molecule has 4 heterocycles. The molecule has 0 amide bonds. The van der Waals surface area contributed by atoms with Crippen molar-refractivity contribution in [1.82, 2.24) is 14.6 Å². The molecule has 1 aliphatic carbocycles. The van der Waals surface area contributed by atoms with Crippen molar-refractivity contribution in [2.75, 3.05) is 31.2 Å². The Hall–Kier alpha value is -3.29. The summed E-state index contributed by atoms with van der Waals surface area (Å²) in [5, 5.41) is 4.75. The molecule has 8 heteroatoms. The Morgan fingerprint density at radius 2 is 1.82 bits per heavy atom. The van der Waals surface area contributed by atoms with Crippen molar-refractivity contribution in [3.63, 3.8) is 0 Å². The van der Waals surface area contributed by atoms with Crippen molar-refractivity contribution in [1.29, 1.82) is 0 Å². The second-order valence-electron chi connectivity index (χ2n) is 9.12. The van der Waals surface area contributed by atoms with Crippen molar-refractivity contribution in [2.24, 2.45) is 0 Å². The number of hydrogen-bond donors (Lipinski definition) is 0. The Labute approximate surface area is 192 Å². The molecule has 0 N–H and O–H groups in total. The minimum absolute atomic E-state index is 0.125. The average Bonchev–Trinajstić information content (AvgIpc) is 2.80. The molecule has 3 aromatic rings. The van der Waals surface area contributed by atoms with Crippen LogP contribution in [0.1, 0.15) is 49.1 Å². The number of hydrogen-bond acceptors (Lipinski definition) is 7. The third-order valence-corrected chi connectivity index (χ3v) is 7.07. The number of rotatable bonds is 4. The normalized spacial score (nSPS) is 18.9. The van der Waals surface area contributed by atoms with E-state index in [0.717, 1.165) is 67.4 Å². The van der Waals surface area contributed by atoms with Gasteiger partial charge in [0.1, 0.15) is 25.1 Å². The summed E-state index contributed by atoms with van der Waals surface area (Å²) in [5.41, 5.74) is 2.94. The molecule has 33 heavy (non-hydrogen) atoms. The van der Waals surface area contributed by atoms with Crippen LogP contribution in [0.15, 0.2) is 35.3 Å². The van der Waals surface area contributed by atoms with Crippen molar-refractivity contribution in [3.8, 4) is 17.2 Å². The molecule has 2 aromatic heterocycles. The lowest BCUT2D eigenvalue weighted by Crippen LogP contribution is -2.40. The van der Waals surface area contributed by atoms with Gasteiger partial charge in [-0.2, -0.15) is 4.52 Å². The molecule has 0 unspecified atom stereocenters. The monoisotopic (exact) mass is 448 g/mol. The van der Waals surface area contributed by atoms with Crippen LogP contribution >= 0.6 is 0 Å². The molecule has 6 rings (SSSR count). The predicted molar refractivity (Wildman–Crippen MR) is 124 cm³/mol. The van der Waals surface area contributed by atoms with Crippen LogP contribution in [-0.4, -0.2) is 47.0 Å². The average molecular weight is 449 g/mol. The van der Waals surface area contributed by atoms with E-state index >= 15 is 0 Å². The molecule has 1 aromatic carbocycles. The van der Waals surface area contributed by atoms with Gasteiger partial charge in [-0.25, -0.2) is 4.98 Å². The Bertz CT molecular complexity index is 1250. The Balaban J connectivity index is 1.22. The maximum Gasteiger partial charge on any atom is 0.274 e. The first-order valence-electron chi connectivity index (χ1n) is 11.9. The molecule has 0 spiro atoms. The lowest BCUT2D eigenvalue weighted by molar-refractivity contribution is 0.159. The van der Waals surface area contributed by atoms with Gasteiger partial charge in [0, 0.05) is 55.4 Å². The van der Waals surface area contributed by atoms with Gasteiger partial charge in [0.2, 0.25) is 0 Å². The molecule has 2 aliphatic heterocycles. The first-order valence-corrected chi connectivity index (χ1v) is 11.9. The third kappa shape index (κ3) is 3.67. The highest BCUT2D eigenvalue weighted by molar-refractivity contribution is 5.61. The second-order valence-corrected chi connectivity index (χ2v) is 9.12. The van der Waals surface area contributed by atoms with Gasteiger partial charge >= 0.3 is 0 Å². The topological polar surface area (TPSA) is 78.2 Å². The van der Waals surface area contributed by atoms with Crippen LogP contribution in [0.25, 0.3) is 5.65 Å². The van der Waals surface area contributed by atoms with Crippen LogP contribution in [0, 0.1) is 6.92 Å². The van der Waals surface area contributed by atoms with Gasteiger partial charge in [0.25, 0.3) is 5.56 Å². The number of aromatic nitrogens is 3. The summed E-state index contributed by atoms with van der Waals surface area (Å²) in [7, 11) is 0. The van der Waals surface area contributed by atoms with E-state index in [1.165, 1.54) is 22.6 Å². The quantitative estimate of drug-likeness (QED) is 0.605. The summed E-state index contributed by atoms with van der Waals surface area (Å²) in [6, 6.07) is 7.26. The lowest BCUT2D eigenvalue weighted by Gasteiger charge is -2.35. The molecule has 2 fully saturated rings. The number of ether oxygens (including phenoxy) is 3. The van der Waals surface area contributed by atoms with E-state index in [-0.39, 0.29) is 11.7 Å². The van der Waals surface area contributed by atoms with E-state index in [1.54, 1.807) is 6.20 Å². The van der Waals surface area contributed by atoms with Gasteiger partial charge in [-0.1, -0.05) is 6.42 Å². The van der Waals surface area contributed by atoms with Crippen LogP contribution in [-0.2, 0) is 0 Å². The predicted octanol–water partition coefficient (Wildman–Crippen LogP) is 3.48. The van der Waals surface area contributed by atoms with Gasteiger partial charge in [-0.05, 0) is 37.8 Å². The number of nitrogens with zero attached hydrogens (tertiary/aromatic N) is 4. The molecule has 3 aliphatic rings. The summed E-state index contributed by atoms with van der Waals surface area (Å²) in [6.07, 6.45) is 7.02. The van der Waals surface area contributed by atoms with Crippen molar-refractivity contribution >= 4 is 11.5 Å².